The Bertz CT molecular complexity index is 538. The molecule has 2 aromatic rings. The van der Waals surface area contributed by atoms with E-state index in [1.807, 2.05) is 48.5 Å². The van der Waals surface area contributed by atoms with E-state index in [9.17, 15) is 0 Å². The third-order valence-corrected chi connectivity index (χ3v) is 2.58. The lowest BCUT2D eigenvalue weighted by atomic mass is 10.2. The van der Waals surface area contributed by atoms with Gasteiger partial charge in [-0.3, -0.25) is 5.43 Å². The summed E-state index contributed by atoms with van der Waals surface area (Å²) in [4.78, 5) is 0. The van der Waals surface area contributed by atoms with E-state index < -0.39 is 0 Å². The molecule has 0 atom stereocenters. The van der Waals surface area contributed by atoms with Gasteiger partial charge in [0.1, 0.15) is 5.75 Å². The maximum atomic E-state index is 5.88. The second kappa shape index (κ2) is 6.07. The summed E-state index contributed by atoms with van der Waals surface area (Å²) in [6.07, 6.45) is 1.72. The van der Waals surface area contributed by atoms with Gasteiger partial charge in [0.15, 0.2) is 0 Å². The zero-order valence-corrected chi connectivity index (χ0v) is 10.7. The Morgan fingerprint density at radius 2 is 1.94 bits per heavy atom. The topological polar surface area (TPSA) is 33.6 Å². The molecule has 0 spiro atoms. The smallest absolute Gasteiger partial charge is 0.119 e. The Kier molecular flexibility index (Phi) is 4.20. The van der Waals surface area contributed by atoms with Crippen molar-refractivity contribution in [3.63, 3.8) is 0 Å². The standard InChI is InChI=1S/C14H13ClN2O/c1-18-14-7-5-13(6-8-14)17-16-10-11-3-2-4-12(15)9-11/h2-10,17H,1H3/b16-10+. The van der Waals surface area contributed by atoms with Gasteiger partial charge in [0.05, 0.1) is 19.0 Å². The van der Waals surface area contributed by atoms with Crippen LogP contribution < -0.4 is 10.2 Å². The van der Waals surface area contributed by atoms with E-state index >= 15 is 0 Å². The number of rotatable bonds is 4. The molecule has 0 amide bonds. The highest BCUT2D eigenvalue weighted by molar-refractivity contribution is 6.30. The van der Waals surface area contributed by atoms with E-state index in [1.54, 1.807) is 13.3 Å². The number of nitrogens with zero attached hydrogens (tertiary/aromatic N) is 1. The Balaban J connectivity index is 1.98. The number of hydrogen-bond donors (Lipinski definition) is 1. The molecule has 3 nitrogen and oxygen atoms in total. The van der Waals surface area contributed by atoms with Gasteiger partial charge in [-0.05, 0) is 42.0 Å². The van der Waals surface area contributed by atoms with Crippen molar-refractivity contribution >= 4 is 23.5 Å². The fourth-order valence-corrected chi connectivity index (χ4v) is 1.63. The quantitative estimate of drug-likeness (QED) is 0.670. The monoisotopic (exact) mass is 260 g/mol. The lowest BCUT2D eigenvalue weighted by Crippen LogP contribution is -1.90. The highest BCUT2D eigenvalue weighted by Crippen LogP contribution is 2.15. The van der Waals surface area contributed by atoms with E-state index in [-0.39, 0.29) is 0 Å². The minimum absolute atomic E-state index is 0.698. The van der Waals surface area contributed by atoms with Crippen molar-refractivity contribution in [3.8, 4) is 5.75 Å². The fourth-order valence-electron chi connectivity index (χ4n) is 1.43. The van der Waals surface area contributed by atoms with E-state index in [0.29, 0.717) is 5.02 Å². The van der Waals surface area contributed by atoms with Gasteiger partial charge in [0, 0.05) is 5.02 Å². The minimum Gasteiger partial charge on any atom is -0.497 e. The second-order valence-electron chi connectivity index (χ2n) is 3.65. The molecule has 0 radical (unpaired) electrons. The van der Waals surface area contributed by atoms with Crippen molar-refractivity contribution in [1.29, 1.82) is 0 Å². The Morgan fingerprint density at radius 3 is 2.61 bits per heavy atom. The molecule has 0 unspecified atom stereocenters. The number of ether oxygens (including phenoxy) is 1. The number of methoxy groups -OCH3 is 1. The highest BCUT2D eigenvalue weighted by atomic mass is 35.5. The van der Waals surface area contributed by atoms with Crippen LogP contribution in [0.1, 0.15) is 5.56 Å². The molecular formula is C14H13ClN2O. The molecule has 2 aromatic carbocycles. The number of anilines is 1. The third kappa shape index (κ3) is 3.50. The average Bonchev–Trinajstić information content (AvgIpc) is 2.40. The van der Waals surface area contributed by atoms with Crippen LogP contribution in [0, 0.1) is 0 Å². The molecule has 0 aliphatic heterocycles. The zero-order chi connectivity index (χ0) is 12.8. The van der Waals surface area contributed by atoms with Gasteiger partial charge in [-0.25, -0.2) is 0 Å². The summed E-state index contributed by atoms with van der Waals surface area (Å²) in [7, 11) is 1.64. The molecule has 4 heteroatoms. The van der Waals surface area contributed by atoms with E-state index in [0.717, 1.165) is 17.0 Å². The lowest BCUT2D eigenvalue weighted by Gasteiger charge is -2.02. The van der Waals surface area contributed by atoms with E-state index in [2.05, 4.69) is 10.5 Å². The normalized spacial score (nSPS) is 10.6. The van der Waals surface area contributed by atoms with Gasteiger partial charge in [-0.15, -0.1) is 0 Å². The van der Waals surface area contributed by atoms with Crippen LogP contribution in [0.2, 0.25) is 5.02 Å². The summed E-state index contributed by atoms with van der Waals surface area (Å²) >= 11 is 5.88. The number of hydrogen-bond acceptors (Lipinski definition) is 3. The molecule has 0 aromatic heterocycles. The molecule has 0 saturated carbocycles. The molecule has 2 rings (SSSR count). The molecule has 0 aliphatic rings. The van der Waals surface area contributed by atoms with Crippen LogP contribution in [0.3, 0.4) is 0 Å². The largest absolute Gasteiger partial charge is 0.497 e. The van der Waals surface area contributed by atoms with Crippen LogP contribution in [0.15, 0.2) is 53.6 Å². The molecule has 0 heterocycles. The number of benzene rings is 2. The highest BCUT2D eigenvalue weighted by Gasteiger charge is 1.92. The molecule has 1 N–H and O–H groups in total. The first-order valence-electron chi connectivity index (χ1n) is 5.46. The van der Waals surface area contributed by atoms with Crippen LogP contribution >= 0.6 is 11.6 Å². The van der Waals surface area contributed by atoms with Crippen LogP contribution in [0.5, 0.6) is 5.75 Å². The van der Waals surface area contributed by atoms with Gasteiger partial charge in [-0.2, -0.15) is 5.10 Å². The SMILES string of the molecule is COc1ccc(N/N=C/c2cccc(Cl)c2)cc1. The number of halogens is 1. The third-order valence-electron chi connectivity index (χ3n) is 2.35. The Hall–Kier alpha value is -2.00. The first kappa shape index (κ1) is 12.5. The fraction of sp³-hybridized carbons (Fsp3) is 0.0714. The lowest BCUT2D eigenvalue weighted by molar-refractivity contribution is 0.415. The predicted octanol–water partition coefficient (Wildman–Crippen LogP) is 3.79. The maximum Gasteiger partial charge on any atom is 0.119 e. The van der Waals surface area contributed by atoms with Crippen molar-refractivity contribution in [2.45, 2.75) is 0 Å². The molecular weight excluding hydrogens is 248 g/mol. The number of nitrogens with one attached hydrogen (secondary N) is 1. The first-order chi connectivity index (χ1) is 8.78. The summed E-state index contributed by atoms with van der Waals surface area (Å²) in [5.41, 5.74) is 4.78. The van der Waals surface area contributed by atoms with Crippen molar-refractivity contribution in [2.24, 2.45) is 5.10 Å². The van der Waals surface area contributed by atoms with Crippen LogP contribution in [0.4, 0.5) is 5.69 Å². The Labute approximate surface area is 111 Å². The van der Waals surface area contributed by atoms with Crippen molar-refractivity contribution in [1.82, 2.24) is 0 Å². The summed E-state index contributed by atoms with van der Waals surface area (Å²) in [6.45, 7) is 0. The van der Waals surface area contributed by atoms with Gasteiger partial charge in [-0.1, -0.05) is 23.7 Å². The van der Waals surface area contributed by atoms with Crippen LogP contribution in [-0.2, 0) is 0 Å². The van der Waals surface area contributed by atoms with Gasteiger partial charge in [0.25, 0.3) is 0 Å². The summed E-state index contributed by atoms with van der Waals surface area (Å²) in [5, 5.41) is 4.83. The Morgan fingerprint density at radius 1 is 1.17 bits per heavy atom. The molecule has 0 bridgehead atoms. The van der Waals surface area contributed by atoms with Gasteiger partial charge >= 0.3 is 0 Å². The average molecular weight is 261 g/mol. The predicted molar refractivity (Wildman–Crippen MR) is 75.7 cm³/mol. The van der Waals surface area contributed by atoms with Crippen molar-refractivity contribution < 1.29 is 4.74 Å². The maximum absolute atomic E-state index is 5.88. The molecule has 92 valence electrons. The molecule has 0 fully saturated rings. The molecule has 0 aliphatic carbocycles. The zero-order valence-electron chi connectivity index (χ0n) is 9.93. The van der Waals surface area contributed by atoms with Crippen LogP contribution in [-0.4, -0.2) is 13.3 Å². The summed E-state index contributed by atoms with van der Waals surface area (Å²) in [5.74, 6) is 0.819. The summed E-state index contributed by atoms with van der Waals surface area (Å²) in [6, 6.07) is 15.0. The van der Waals surface area contributed by atoms with Gasteiger partial charge < -0.3 is 4.74 Å². The molecule has 0 saturated heterocycles. The second-order valence-corrected chi connectivity index (χ2v) is 4.09. The first-order valence-corrected chi connectivity index (χ1v) is 5.84. The van der Waals surface area contributed by atoms with Crippen molar-refractivity contribution in [2.75, 3.05) is 12.5 Å². The van der Waals surface area contributed by atoms with Gasteiger partial charge in [0.2, 0.25) is 0 Å². The van der Waals surface area contributed by atoms with E-state index in [4.69, 9.17) is 16.3 Å². The van der Waals surface area contributed by atoms with E-state index in [1.165, 1.54) is 0 Å². The minimum atomic E-state index is 0.698. The summed E-state index contributed by atoms with van der Waals surface area (Å²) < 4.78 is 5.08. The molecule has 18 heavy (non-hydrogen) atoms. The van der Waals surface area contributed by atoms with Crippen molar-refractivity contribution in [3.05, 3.63) is 59.1 Å². The van der Waals surface area contributed by atoms with Crippen LogP contribution in [0.25, 0.3) is 0 Å². The number of hydrazone groups is 1.